The summed E-state index contributed by atoms with van der Waals surface area (Å²) in [6.45, 7) is 4.50. The van der Waals surface area contributed by atoms with E-state index in [4.69, 9.17) is 15.2 Å². The SMILES string of the molecule is CCOC(=O)c1sc(N)nc1-c1ccccc1OCC. The maximum atomic E-state index is 12.0. The van der Waals surface area contributed by atoms with Crippen LogP contribution in [0.1, 0.15) is 23.5 Å². The third-order valence-electron chi connectivity index (χ3n) is 2.55. The highest BCUT2D eigenvalue weighted by molar-refractivity contribution is 7.17. The number of rotatable bonds is 5. The Morgan fingerprint density at radius 1 is 1.30 bits per heavy atom. The molecule has 6 heteroatoms. The number of hydrogen-bond acceptors (Lipinski definition) is 6. The van der Waals surface area contributed by atoms with Gasteiger partial charge in [0.2, 0.25) is 0 Å². The van der Waals surface area contributed by atoms with Crippen LogP contribution in [0.2, 0.25) is 0 Å². The van der Waals surface area contributed by atoms with Crippen molar-refractivity contribution in [3.05, 3.63) is 29.1 Å². The van der Waals surface area contributed by atoms with Crippen LogP contribution < -0.4 is 10.5 Å². The number of para-hydroxylation sites is 1. The number of carbonyl (C=O) groups is 1. The van der Waals surface area contributed by atoms with E-state index in [1.54, 1.807) is 6.92 Å². The van der Waals surface area contributed by atoms with Crippen LogP contribution in [0.25, 0.3) is 11.3 Å². The molecule has 0 aliphatic rings. The number of anilines is 1. The zero-order valence-corrected chi connectivity index (χ0v) is 12.2. The van der Waals surface area contributed by atoms with Crippen molar-refractivity contribution >= 4 is 22.4 Å². The molecule has 0 radical (unpaired) electrons. The molecule has 1 heterocycles. The van der Waals surface area contributed by atoms with Gasteiger partial charge in [0.1, 0.15) is 16.3 Å². The van der Waals surface area contributed by atoms with Gasteiger partial charge in [0.15, 0.2) is 5.13 Å². The topological polar surface area (TPSA) is 74.4 Å². The Morgan fingerprint density at radius 2 is 2.05 bits per heavy atom. The van der Waals surface area contributed by atoms with Crippen LogP contribution in [0.5, 0.6) is 5.75 Å². The molecule has 2 rings (SSSR count). The van der Waals surface area contributed by atoms with Gasteiger partial charge in [-0.15, -0.1) is 0 Å². The zero-order chi connectivity index (χ0) is 14.5. The van der Waals surface area contributed by atoms with Crippen molar-refractivity contribution in [2.75, 3.05) is 18.9 Å². The molecule has 0 atom stereocenters. The normalized spacial score (nSPS) is 10.3. The first-order valence-corrected chi connectivity index (χ1v) is 7.14. The fourth-order valence-electron chi connectivity index (χ4n) is 1.80. The molecule has 0 amide bonds. The van der Waals surface area contributed by atoms with Crippen molar-refractivity contribution in [3.63, 3.8) is 0 Å². The summed E-state index contributed by atoms with van der Waals surface area (Å²) in [6.07, 6.45) is 0. The lowest BCUT2D eigenvalue weighted by Crippen LogP contribution is -2.04. The summed E-state index contributed by atoms with van der Waals surface area (Å²) >= 11 is 1.12. The first kappa shape index (κ1) is 14.3. The average molecular weight is 292 g/mol. The lowest BCUT2D eigenvalue weighted by molar-refractivity contribution is 0.0532. The number of hydrogen-bond donors (Lipinski definition) is 1. The van der Waals surface area contributed by atoms with Crippen LogP contribution in [0.15, 0.2) is 24.3 Å². The Morgan fingerprint density at radius 3 is 2.75 bits per heavy atom. The fraction of sp³-hybridized carbons (Fsp3) is 0.286. The predicted molar refractivity (Wildman–Crippen MR) is 79.1 cm³/mol. The number of benzene rings is 1. The lowest BCUT2D eigenvalue weighted by Gasteiger charge is -2.09. The predicted octanol–water partition coefficient (Wildman–Crippen LogP) is 2.97. The Kier molecular flexibility index (Phi) is 4.57. The van der Waals surface area contributed by atoms with E-state index in [0.29, 0.717) is 34.7 Å². The summed E-state index contributed by atoms with van der Waals surface area (Å²) in [4.78, 5) is 16.6. The van der Waals surface area contributed by atoms with E-state index < -0.39 is 5.97 Å². The van der Waals surface area contributed by atoms with E-state index in [-0.39, 0.29) is 0 Å². The van der Waals surface area contributed by atoms with Crippen molar-refractivity contribution in [2.24, 2.45) is 0 Å². The molecule has 0 bridgehead atoms. The molecule has 0 unspecified atom stereocenters. The lowest BCUT2D eigenvalue weighted by atomic mass is 10.1. The molecule has 0 aliphatic carbocycles. The third kappa shape index (κ3) is 2.91. The van der Waals surface area contributed by atoms with Gasteiger partial charge in [0.05, 0.1) is 13.2 Å². The number of nitrogens with zero attached hydrogens (tertiary/aromatic N) is 1. The Balaban J connectivity index is 2.50. The van der Waals surface area contributed by atoms with Gasteiger partial charge in [0, 0.05) is 5.56 Å². The first-order valence-electron chi connectivity index (χ1n) is 6.33. The number of aromatic nitrogens is 1. The van der Waals surface area contributed by atoms with E-state index in [1.165, 1.54) is 0 Å². The number of nitrogens with two attached hydrogens (primary N) is 1. The third-order valence-corrected chi connectivity index (χ3v) is 3.41. The van der Waals surface area contributed by atoms with E-state index in [0.717, 1.165) is 16.9 Å². The zero-order valence-electron chi connectivity index (χ0n) is 11.4. The highest BCUT2D eigenvalue weighted by atomic mass is 32.1. The van der Waals surface area contributed by atoms with Gasteiger partial charge >= 0.3 is 5.97 Å². The van der Waals surface area contributed by atoms with E-state index in [2.05, 4.69) is 4.98 Å². The van der Waals surface area contributed by atoms with Gasteiger partial charge in [-0.05, 0) is 26.0 Å². The number of thiazole rings is 1. The summed E-state index contributed by atoms with van der Waals surface area (Å²) in [5, 5.41) is 0.328. The molecule has 20 heavy (non-hydrogen) atoms. The summed E-state index contributed by atoms with van der Waals surface area (Å²) in [5.74, 6) is 0.258. The molecule has 0 fully saturated rings. The first-order chi connectivity index (χ1) is 9.67. The van der Waals surface area contributed by atoms with Crippen LogP contribution in [0.3, 0.4) is 0 Å². The smallest absolute Gasteiger partial charge is 0.350 e. The second-order valence-corrected chi connectivity index (χ2v) is 4.91. The minimum absolute atomic E-state index is 0.309. The molecule has 106 valence electrons. The minimum Gasteiger partial charge on any atom is -0.493 e. The van der Waals surface area contributed by atoms with Crippen LogP contribution in [0.4, 0.5) is 5.13 Å². The van der Waals surface area contributed by atoms with Gasteiger partial charge < -0.3 is 15.2 Å². The van der Waals surface area contributed by atoms with Gasteiger partial charge in [-0.2, -0.15) is 0 Å². The van der Waals surface area contributed by atoms with Gasteiger partial charge in [-0.3, -0.25) is 0 Å². The van der Waals surface area contributed by atoms with E-state index >= 15 is 0 Å². The number of nitrogen functional groups attached to an aromatic ring is 1. The molecule has 0 saturated carbocycles. The maximum Gasteiger partial charge on any atom is 0.350 e. The largest absolute Gasteiger partial charge is 0.493 e. The molecular weight excluding hydrogens is 276 g/mol. The van der Waals surface area contributed by atoms with Crippen LogP contribution in [-0.4, -0.2) is 24.2 Å². The van der Waals surface area contributed by atoms with Crippen LogP contribution in [0, 0.1) is 0 Å². The molecule has 1 aromatic carbocycles. The molecule has 0 saturated heterocycles. The summed E-state index contributed by atoms with van der Waals surface area (Å²) in [5.41, 5.74) is 6.98. The van der Waals surface area contributed by atoms with Crippen molar-refractivity contribution in [1.82, 2.24) is 4.98 Å². The molecule has 1 aromatic heterocycles. The average Bonchev–Trinajstić information content (AvgIpc) is 2.82. The molecule has 5 nitrogen and oxygen atoms in total. The van der Waals surface area contributed by atoms with Crippen molar-refractivity contribution < 1.29 is 14.3 Å². The second kappa shape index (κ2) is 6.38. The highest BCUT2D eigenvalue weighted by Gasteiger charge is 2.21. The second-order valence-electron chi connectivity index (χ2n) is 3.88. The highest BCUT2D eigenvalue weighted by Crippen LogP contribution is 2.35. The number of ether oxygens (including phenoxy) is 2. The van der Waals surface area contributed by atoms with Gasteiger partial charge in [-0.25, -0.2) is 9.78 Å². The maximum absolute atomic E-state index is 12.0. The van der Waals surface area contributed by atoms with Crippen molar-refractivity contribution in [2.45, 2.75) is 13.8 Å². The Labute approximate surface area is 121 Å². The molecule has 2 aromatic rings. The molecule has 0 aliphatic heterocycles. The molecule has 2 N–H and O–H groups in total. The number of carbonyl (C=O) groups excluding carboxylic acids is 1. The molecule has 0 spiro atoms. The standard InChI is InChI=1S/C14H16N2O3S/c1-3-18-10-8-6-5-7-9(10)11-12(13(17)19-4-2)20-14(15)16-11/h5-8H,3-4H2,1-2H3,(H2,15,16). The van der Waals surface area contributed by atoms with E-state index in [9.17, 15) is 4.79 Å². The van der Waals surface area contributed by atoms with E-state index in [1.807, 2.05) is 31.2 Å². The van der Waals surface area contributed by atoms with Crippen LogP contribution in [-0.2, 0) is 4.74 Å². The van der Waals surface area contributed by atoms with Crippen LogP contribution >= 0.6 is 11.3 Å². The fourth-order valence-corrected chi connectivity index (χ4v) is 2.54. The molecular formula is C14H16N2O3S. The van der Waals surface area contributed by atoms with Crippen molar-refractivity contribution in [3.8, 4) is 17.0 Å². The monoisotopic (exact) mass is 292 g/mol. The van der Waals surface area contributed by atoms with Gasteiger partial charge in [0.25, 0.3) is 0 Å². The van der Waals surface area contributed by atoms with Gasteiger partial charge in [-0.1, -0.05) is 23.5 Å². The quantitative estimate of drug-likeness (QED) is 0.857. The summed E-state index contributed by atoms with van der Waals surface area (Å²) in [7, 11) is 0. The summed E-state index contributed by atoms with van der Waals surface area (Å²) < 4.78 is 10.6. The Bertz CT molecular complexity index is 610. The summed E-state index contributed by atoms with van der Waals surface area (Å²) in [6, 6.07) is 7.42. The number of esters is 1. The van der Waals surface area contributed by atoms with Crippen molar-refractivity contribution in [1.29, 1.82) is 0 Å². The minimum atomic E-state index is -0.414. The Hall–Kier alpha value is -2.08.